The Bertz CT molecular complexity index is 1260. The van der Waals surface area contributed by atoms with E-state index in [0.29, 0.717) is 16.6 Å². The third-order valence-corrected chi connectivity index (χ3v) is 5.80. The molecule has 0 radical (unpaired) electrons. The molecule has 0 atom stereocenters. The lowest BCUT2D eigenvalue weighted by molar-refractivity contribution is 0.0948. The van der Waals surface area contributed by atoms with Crippen LogP contribution in [0, 0.1) is 12.8 Å². The van der Waals surface area contributed by atoms with Gasteiger partial charge < -0.3 is 5.32 Å². The molecule has 150 valence electrons. The first-order chi connectivity index (χ1) is 14.6. The van der Waals surface area contributed by atoms with Gasteiger partial charge >= 0.3 is 0 Å². The highest BCUT2D eigenvalue weighted by molar-refractivity contribution is 6.33. The molecule has 2 aromatic heterocycles. The van der Waals surface area contributed by atoms with Gasteiger partial charge in [-0.15, -0.1) is 0 Å². The predicted molar refractivity (Wildman–Crippen MR) is 120 cm³/mol. The van der Waals surface area contributed by atoms with Crippen LogP contribution >= 0.6 is 11.6 Å². The molecular weight excluding hydrogens is 396 g/mol. The number of pyridine rings is 1. The van der Waals surface area contributed by atoms with Crippen LogP contribution in [0.15, 0.2) is 54.6 Å². The molecule has 0 spiro atoms. The molecule has 1 amide bonds. The number of rotatable bonds is 5. The molecule has 30 heavy (non-hydrogen) atoms. The summed E-state index contributed by atoms with van der Waals surface area (Å²) in [6, 6.07) is 17.8. The molecule has 1 saturated carbocycles. The lowest BCUT2D eigenvalue weighted by atomic mass is 10.0. The average molecular weight is 417 g/mol. The van der Waals surface area contributed by atoms with Crippen molar-refractivity contribution in [3.05, 3.63) is 71.0 Å². The third-order valence-electron chi connectivity index (χ3n) is 5.49. The summed E-state index contributed by atoms with van der Waals surface area (Å²) in [5.74, 6) is 0.500. The molecule has 5 nitrogen and oxygen atoms in total. The number of fused-ring (bicyclic) bond motifs is 1. The Balaban J connectivity index is 1.44. The summed E-state index contributed by atoms with van der Waals surface area (Å²) in [7, 11) is 0. The van der Waals surface area contributed by atoms with E-state index in [4.69, 9.17) is 11.6 Å². The van der Waals surface area contributed by atoms with Crippen LogP contribution in [0.1, 0.15) is 29.0 Å². The molecule has 1 fully saturated rings. The van der Waals surface area contributed by atoms with E-state index in [0.717, 1.165) is 45.5 Å². The topological polar surface area (TPSA) is 70.7 Å². The number of H-pyrrole nitrogens is 1. The van der Waals surface area contributed by atoms with Gasteiger partial charge in [-0.1, -0.05) is 35.9 Å². The highest BCUT2D eigenvalue weighted by Gasteiger charge is 2.23. The highest BCUT2D eigenvalue weighted by atomic mass is 35.5. The fourth-order valence-electron chi connectivity index (χ4n) is 3.62. The number of halogens is 1. The van der Waals surface area contributed by atoms with Crippen LogP contribution in [0.2, 0.25) is 5.02 Å². The van der Waals surface area contributed by atoms with E-state index in [1.54, 1.807) is 0 Å². The van der Waals surface area contributed by atoms with Crippen molar-refractivity contribution in [1.29, 1.82) is 0 Å². The number of nitrogens with zero attached hydrogens (tertiary/aromatic N) is 2. The van der Waals surface area contributed by atoms with Crippen molar-refractivity contribution >= 4 is 28.4 Å². The maximum absolute atomic E-state index is 12.4. The number of hydrogen-bond acceptors (Lipinski definition) is 3. The smallest absolute Gasteiger partial charge is 0.272 e. The van der Waals surface area contributed by atoms with E-state index < -0.39 is 0 Å². The van der Waals surface area contributed by atoms with Crippen LogP contribution in [0.5, 0.6) is 0 Å². The standard InChI is InChI=1S/C24H21ClN4O/c1-14-3-2-4-21(27-14)17-8-9-18(20(25)11-17)16-7-10-19-22(12-16)28-29-23(19)24(30)26-13-15-5-6-15/h2-4,7-12,15H,5-6,13H2,1H3,(H,26,30)(H,28,29). The second-order valence-corrected chi connectivity index (χ2v) is 8.25. The Morgan fingerprint density at radius 3 is 2.73 bits per heavy atom. The molecule has 2 N–H and O–H groups in total. The molecular formula is C24H21ClN4O. The van der Waals surface area contributed by atoms with Gasteiger partial charge in [0.15, 0.2) is 5.69 Å². The van der Waals surface area contributed by atoms with Crippen molar-refractivity contribution in [2.45, 2.75) is 19.8 Å². The molecule has 6 heteroatoms. The molecule has 0 unspecified atom stereocenters. The zero-order valence-electron chi connectivity index (χ0n) is 16.6. The zero-order valence-corrected chi connectivity index (χ0v) is 17.3. The summed E-state index contributed by atoms with van der Waals surface area (Å²) in [5.41, 5.74) is 5.97. The van der Waals surface area contributed by atoms with Crippen molar-refractivity contribution < 1.29 is 4.79 Å². The predicted octanol–water partition coefficient (Wildman–Crippen LogP) is 5.39. The van der Waals surface area contributed by atoms with Crippen LogP contribution in [-0.2, 0) is 0 Å². The zero-order chi connectivity index (χ0) is 20.7. The maximum atomic E-state index is 12.4. The molecule has 2 aromatic carbocycles. The fraction of sp³-hybridized carbons (Fsp3) is 0.208. The van der Waals surface area contributed by atoms with Crippen molar-refractivity contribution in [3.63, 3.8) is 0 Å². The van der Waals surface area contributed by atoms with Gasteiger partial charge in [0.25, 0.3) is 5.91 Å². The minimum Gasteiger partial charge on any atom is -0.350 e. The van der Waals surface area contributed by atoms with Crippen LogP contribution in [-0.4, -0.2) is 27.6 Å². The van der Waals surface area contributed by atoms with E-state index in [2.05, 4.69) is 20.5 Å². The molecule has 0 bridgehead atoms. The van der Waals surface area contributed by atoms with Gasteiger partial charge in [0.1, 0.15) is 0 Å². The SMILES string of the molecule is Cc1cccc(-c2ccc(-c3ccc4c(C(=O)NCC5CC5)n[nH]c4c3)c(Cl)c2)n1. The summed E-state index contributed by atoms with van der Waals surface area (Å²) < 4.78 is 0. The summed E-state index contributed by atoms with van der Waals surface area (Å²) >= 11 is 6.62. The van der Waals surface area contributed by atoms with Crippen LogP contribution in [0.4, 0.5) is 0 Å². The van der Waals surface area contributed by atoms with E-state index in [1.807, 2.05) is 61.5 Å². The van der Waals surface area contributed by atoms with Gasteiger partial charge in [-0.05, 0) is 61.6 Å². The average Bonchev–Trinajstić information content (AvgIpc) is 3.48. The van der Waals surface area contributed by atoms with Gasteiger partial charge in [0, 0.05) is 33.8 Å². The van der Waals surface area contributed by atoms with E-state index >= 15 is 0 Å². The van der Waals surface area contributed by atoms with Gasteiger partial charge in [-0.2, -0.15) is 5.10 Å². The number of aromatic amines is 1. The first-order valence-electron chi connectivity index (χ1n) is 10.1. The molecule has 4 aromatic rings. The third kappa shape index (κ3) is 3.68. The van der Waals surface area contributed by atoms with Crippen LogP contribution in [0.3, 0.4) is 0 Å². The summed E-state index contributed by atoms with van der Waals surface area (Å²) in [6.07, 6.45) is 2.40. The molecule has 0 saturated heterocycles. The summed E-state index contributed by atoms with van der Waals surface area (Å²) in [6.45, 7) is 2.70. The summed E-state index contributed by atoms with van der Waals surface area (Å²) in [4.78, 5) is 17.0. The Morgan fingerprint density at radius 2 is 1.97 bits per heavy atom. The first-order valence-corrected chi connectivity index (χ1v) is 10.5. The first kappa shape index (κ1) is 18.8. The Labute approximate surface area is 179 Å². The lowest BCUT2D eigenvalue weighted by Gasteiger charge is -2.08. The largest absolute Gasteiger partial charge is 0.350 e. The monoisotopic (exact) mass is 416 g/mol. The van der Waals surface area contributed by atoms with Crippen molar-refractivity contribution in [1.82, 2.24) is 20.5 Å². The number of amides is 1. The second kappa shape index (κ2) is 7.58. The quantitative estimate of drug-likeness (QED) is 0.458. The molecule has 0 aliphatic heterocycles. The Morgan fingerprint density at radius 1 is 1.13 bits per heavy atom. The van der Waals surface area contributed by atoms with E-state index in [1.165, 1.54) is 12.8 Å². The minimum atomic E-state index is -0.131. The number of hydrogen-bond donors (Lipinski definition) is 2. The lowest BCUT2D eigenvalue weighted by Crippen LogP contribution is -2.26. The summed E-state index contributed by atoms with van der Waals surface area (Å²) in [5, 5.41) is 11.6. The number of carbonyl (C=O) groups excluding carboxylic acids is 1. The van der Waals surface area contributed by atoms with E-state index in [-0.39, 0.29) is 5.91 Å². The number of aryl methyl sites for hydroxylation is 1. The van der Waals surface area contributed by atoms with Crippen LogP contribution in [0.25, 0.3) is 33.3 Å². The van der Waals surface area contributed by atoms with Crippen molar-refractivity contribution in [2.75, 3.05) is 6.54 Å². The molecule has 2 heterocycles. The van der Waals surface area contributed by atoms with Gasteiger partial charge in [-0.3, -0.25) is 14.9 Å². The number of nitrogens with one attached hydrogen (secondary N) is 2. The van der Waals surface area contributed by atoms with Crippen LogP contribution < -0.4 is 5.32 Å². The molecule has 5 rings (SSSR count). The van der Waals surface area contributed by atoms with Gasteiger partial charge in [0.05, 0.1) is 11.2 Å². The number of carbonyl (C=O) groups is 1. The number of benzene rings is 2. The Kier molecular flexibility index (Phi) is 4.75. The normalized spacial score (nSPS) is 13.5. The minimum absolute atomic E-state index is 0.131. The fourth-order valence-corrected chi connectivity index (χ4v) is 3.90. The van der Waals surface area contributed by atoms with Gasteiger partial charge in [-0.25, -0.2) is 0 Å². The second-order valence-electron chi connectivity index (χ2n) is 7.84. The molecule has 1 aliphatic rings. The number of aromatic nitrogens is 3. The van der Waals surface area contributed by atoms with Crippen molar-refractivity contribution in [3.8, 4) is 22.4 Å². The Hall–Kier alpha value is -3.18. The maximum Gasteiger partial charge on any atom is 0.272 e. The van der Waals surface area contributed by atoms with Crippen molar-refractivity contribution in [2.24, 2.45) is 5.92 Å². The van der Waals surface area contributed by atoms with Gasteiger partial charge in [0.2, 0.25) is 0 Å². The highest BCUT2D eigenvalue weighted by Crippen LogP contribution is 2.33. The van der Waals surface area contributed by atoms with E-state index in [9.17, 15) is 4.79 Å². The molecule has 1 aliphatic carbocycles.